The number of nitrogens with zero attached hydrogens (tertiary/aromatic N) is 2. The van der Waals surface area contributed by atoms with E-state index in [0.717, 1.165) is 0 Å². The molecule has 4 aromatic rings. The maximum atomic E-state index is 14.6. The number of carbonyl (C=O) groups excluding carboxylic acids is 2. The van der Waals surface area contributed by atoms with Gasteiger partial charge in [-0.1, -0.05) is 60.7 Å². The minimum Gasteiger partial charge on any atom is -0.497 e. The highest BCUT2D eigenvalue weighted by molar-refractivity contribution is 6.28. The maximum absolute atomic E-state index is 14.6. The molecule has 184 valence electrons. The van der Waals surface area contributed by atoms with E-state index in [-0.39, 0.29) is 0 Å². The summed E-state index contributed by atoms with van der Waals surface area (Å²) in [5.41, 5.74) is 0.967. The van der Waals surface area contributed by atoms with Gasteiger partial charge in [-0.25, -0.2) is 14.4 Å². The Bertz CT molecular complexity index is 1440. The Kier molecular flexibility index (Phi) is 5.50. The van der Waals surface area contributed by atoms with Crippen LogP contribution in [0.4, 0.5) is 15.8 Å². The number of benzene rings is 4. The number of amides is 2. The minimum atomic E-state index is -1.42. The van der Waals surface area contributed by atoms with Crippen molar-refractivity contribution < 1.29 is 23.6 Å². The molecule has 37 heavy (non-hydrogen) atoms. The number of hydroxylamine groups is 1. The smallest absolute Gasteiger partial charge is 0.267 e. The molecule has 2 amide bonds. The summed E-state index contributed by atoms with van der Waals surface area (Å²) >= 11 is 0. The second kappa shape index (κ2) is 8.87. The average molecular weight is 495 g/mol. The van der Waals surface area contributed by atoms with Gasteiger partial charge in [0.2, 0.25) is 5.91 Å². The molecule has 7 heteroatoms. The Balaban J connectivity index is 1.59. The lowest BCUT2D eigenvalue weighted by Crippen LogP contribution is -2.46. The molecule has 0 spiro atoms. The molecular weight excluding hydrogens is 471 g/mol. The molecule has 4 aromatic carbocycles. The fraction of sp³-hybridized carbons (Fsp3) is 0.133. The molecular formula is C30H23FN2O4. The highest BCUT2D eigenvalue weighted by atomic mass is 19.1. The van der Waals surface area contributed by atoms with Crippen molar-refractivity contribution in [1.29, 1.82) is 0 Å². The quantitative estimate of drug-likeness (QED) is 0.357. The third-order valence-corrected chi connectivity index (χ3v) is 7.08. The van der Waals surface area contributed by atoms with E-state index < -0.39 is 35.2 Å². The van der Waals surface area contributed by atoms with Crippen molar-refractivity contribution in [3.63, 3.8) is 0 Å². The Morgan fingerprint density at radius 3 is 2.03 bits per heavy atom. The minimum absolute atomic E-state index is 0.395. The standard InChI is InChI=1S/C30H23FN2O4/c1-36-25-18-16-23(17-19-25)32-28(34)27-30(29(32)35,21-8-4-2-5-9-21)26(20-12-14-22(31)15-13-20)33(37-27)24-10-6-3-7-11-24/h2-19,26-27H,1H3. The van der Waals surface area contributed by atoms with E-state index >= 15 is 0 Å². The van der Waals surface area contributed by atoms with Crippen molar-refractivity contribution in [3.05, 3.63) is 126 Å². The molecule has 2 aliphatic rings. The van der Waals surface area contributed by atoms with E-state index in [1.54, 1.807) is 48.6 Å². The number of carbonyl (C=O) groups is 2. The summed E-state index contributed by atoms with van der Waals surface area (Å²) in [4.78, 5) is 36.2. The van der Waals surface area contributed by atoms with Crippen molar-refractivity contribution >= 4 is 23.2 Å². The zero-order chi connectivity index (χ0) is 25.6. The first-order chi connectivity index (χ1) is 18.1. The van der Waals surface area contributed by atoms with Gasteiger partial charge in [0.25, 0.3) is 5.91 Å². The predicted molar refractivity (Wildman–Crippen MR) is 137 cm³/mol. The first-order valence-electron chi connectivity index (χ1n) is 11.9. The largest absolute Gasteiger partial charge is 0.497 e. The van der Waals surface area contributed by atoms with Gasteiger partial charge in [0.1, 0.15) is 23.0 Å². The van der Waals surface area contributed by atoms with E-state index in [0.29, 0.717) is 28.3 Å². The van der Waals surface area contributed by atoms with Gasteiger partial charge < -0.3 is 4.74 Å². The molecule has 0 bridgehead atoms. The molecule has 2 heterocycles. The van der Waals surface area contributed by atoms with E-state index in [1.807, 2.05) is 60.7 Å². The van der Waals surface area contributed by atoms with Crippen LogP contribution in [0.25, 0.3) is 0 Å². The number of ether oxygens (including phenoxy) is 1. The molecule has 6 rings (SSSR count). The molecule has 3 atom stereocenters. The number of fused-ring (bicyclic) bond motifs is 1. The fourth-order valence-corrected chi connectivity index (χ4v) is 5.41. The number of rotatable bonds is 5. The molecule has 0 saturated carbocycles. The van der Waals surface area contributed by atoms with Crippen molar-refractivity contribution in [2.24, 2.45) is 0 Å². The summed E-state index contributed by atoms with van der Waals surface area (Å²) in [6.45, 7) is 0. The topological polar surface area (TPSA) is 59.1 Å². The summed E-state index contributed by atoms with van der Waals surface area (Å²) < 4.78 is 19.2. The van der Waals surface area contributed by atoms with Crippen LogP contribution in [0.1, 0.15) is 17.2 Å². The zero-order valence-electron chi connectivity index (χ0n) is 20.0. The van der Waals surface area contributed by atoms with Crippen molar-refractivity contribution in [1.82, 2.24) is 0 Å². The highest BCUT2D eigenvalue weighted by Crippen LogP contribution is 2.57. The number of halogens is 1. The number of anilines is 2. The summed E-state index contributed by atoms with van der Waals surface area (Å²) in [5.74, 6) is -0.666. The normalized spacial score (nSPS) is 22.9. The molecule has 2 saturated heterocycles. The summed E-state index contributed by atoms with van der Waals surface area (Å²) in [7, 11) is 1.55. The fourth-order valence-electron chi connectivity index (χ4n) is 5.41. The first-order valence-corrected chi connectivity index (χ1v) is 11.9. The zero-order valence-corrected chi connectivity index (χ0v) is 20.0. The number of para-hydroxylation sites is 1. The summed E-state index contributed by atoms with van der Waals surface area (Å²) in [5, 5.41) is 1.62. The molecule has 0 radical (unpaired) electrons. The van der Waals surface area contributed by atoms with Gasteiger partial charge in [-0.2, -0.15) is 0 Å². The van der Waals surface area contributed by atoms with Crippen LogP contribution in [0.5, 0.6) is 5.75 Å². The van der Waals surface area contributed by atoms with Crippen LogP contribution in [-0.2, 0) is 19.8 Å². The summed E-state index contributed by atoms with van der Waals surface area (Å²) in [6, 6.07) is 30.5. The van der Waals surface area contributed by atoms with Crippen molar-refractivity contribution in [2.75, 3.05) is 17.1 Å². The van der Waals surface area contributed by atoms with E-state index in [2.05, 4.69) is 0 Å². The van der Waals surface area contributed by atoms with E-state index in [4.69, 9.17) is 9.57 Å². The lowest BCUT2D eigenvalue weighted by Gasteiger charge is -2.35. The molecule has 0 aliphatic carbocycles. The molecule has 0 N–H and O–H groups in total. The van der Waals surface area contributed by atoms with Crippen LogP contribution in [0.15, 0.2) is 109 Å². The summed E-state index contributed by atoms with van der Waals surface area (Å²) in [6.07, 6.45) is -1.14. The third kappa shape index (κ3) is 3.42. The predicted octanol–water partition coefficient (Wildman–Crippen LogP) is 5.21. The van der Waals surface area contributed by atoms with Gasteiger partial charge in [0.05, 0.1) is 18.5 Å². The highest BCUT2D eigenvalue weighted by Gasteiger charge is 2.72. The van der Waals surface area contributed by atoms with Crippen LogP contribution < -0.4 is 14.7 Å². The van der Waals surface area contributed by atoms with Gasteiger partial charge in [-0.15, -0.1) is 0 Å². The van der Waals surface area contributed by atoms with Crippen LogP contribution >= 0.6 is 0 Å². The van der Waals surface area contributed by atoms with Gasteiger partial charge in [-0.05, 0) is 59.7 Å². The number of methoxy groups -OCH3 is 1. The van der Waals surface area contributed by atoms with Gasteiger partial charge in [0, 0.05) is 0 Å². The molecule has 3 unspecified atom stereocenters. The van der Waals surface area contributed by atoms with E-state index in [1.165, 1.54) is 17.0 Å². The van der Waals surface area contributed by atoms with Crippen LogP contribution in [0.3, 0.4) is 0 Å². The second-order valence-corrected chi connectivity index (χ2v) is 9.01. The van der Waals surface area contributed by atoms with Crippen LogP contribution in [-0.4, -0.2) is 25.0 Å². The van der Waals surface area contributed by atoms with Crippen molar-refractivity contribution in [3.8, 4) is 5.75 Å². The van der Waals surface area contributed by atoms with Gasteiger partial charge in [-0.3, -0.25) is 14.4 Å². The molecule has 6 nitrogen and oxygen atoms in total. The molecule has 2 aliphatic heterocycles. The molecule has 2 fully saturated rings. The Morgan fingerprint density at radius 2 is 1.41 bits per heavy atom. The maximum Gasteiger partial charge on any atom is 0.267 e. The van der Waals surface area contributed by atoms with Gasteiger partial charge in [0.15, 0.2) is 6.10 Å². The number of hydrogen-bond acceptors (Lipinski definition) is 5. The SMILES string of the molecule is COc1ccc(N2C(=O)C3ON(c4ccccc4)C(c4ccc(F)cc4)C3(c3ccccc3)C2=O)cc1. The Labute approximate surface area is 213 Å². The number of hydrogen-bond donors (Lipinski definition) is 0. The van der Waals surface area contributed by atoms with Gasteiger partial charge >= 0.3 is 0 Å². The lowest BCUT2D eigenvalue weighted by molar-refractivity contribution is -0.126. The Hall–Kier alpha value is -4.49. The molecule has 0 aromatic heterocycles. The van der Waals surface area contributed by atoms with Crippen molar-refractivity contribution in [2.45, 2.75) is 17.6 Å². The average Bonchev–Trinajstić information content (AvgIpc) is 3.41. The Morgan fingerprint density at radius 1 is 0.784 bits per heavy atom. The van der Waals surface area contributed by atoms with Crippen LogP contribution in [0.2, 0.25) is 0 Å². The third-order valence-electron chi connectivity index (χ3n) is 7.08. The van der Waals surface area contributed by atoms with Crippen LogP contribution in [0, 0.1) is 5.82 Å². The lowest BCUT2D eigenvalue weighted by atomic mass is 9.69. The number of imide groups is 1. The monoisotopic (exact) mass is 494 g/mol. The second-order valence-electron chi connectivity index (χ2n) is 9.01. The van der Waals surface area contributed by atoms with E-state index in [9.17, 15) is 14.0 Å². The first kappa shape index (κ1) is 22.9.